The van der Waals surface area contributed by atoms with Crippen molar-refractivity contribution in [1.82, 2.24) is 0 Å². The average molecular weight is 316 g/mol. The minimum absolute atomic E-state index is 0.900. The Hall–Kier alpha value is -0.0800. The standard InChI is InChI=1S/C20H42.H3NO/c1-4-5-6-7-8-9-10-11-12-13-14-15-16-17-18-19-20(2)3;1-2/h20H,4-19H2,1-3H3;2H,1H2. The van der Waals surface area contributed by atoms with Gasteiger partial charge in [0.2, 0.25) is 0 Å². The highest BCUT2D eigenvalue weighted by Gasteiger charge is 1.95. The van der Waals surface area contributed by atoms with Crippen molar-refractivity contribution in [2.75, 3.05) is 0 Å². The molecule has 0 aliphatic rings. The molecule has 0 aromatic rings. The van der Waals surface area contributed by atoms with E-state index in [2.05, 4.69) is 26.7 Å². The summed E-state index contributed by atoms with van der Waals surface area (Å²) in [5.41, 5.74) is 0. The van der Waals surface area contributed by atoms with Crippen molar-refractivity contribution in [3.8, 4) is 0 Å². The molecule has 0 rings (SSSR count). The molecule has 0 aromatic carbocycles. The van der Waals surface area contributed by atoms with Gasteiger partial charge in [0.05, 0.1) is 0 Å². The molecular weight excluding hydrogens is 270 g/mol. The van der Waals surface area contributed by atoms with Crippen LogP contribution in [0, 0.1) is 5.92 Å². The second-order valence-corrected chi connectivity index (χ2v) is 7.13. The quantitative estimate of drug-likeness (QED) is 0.233. The number of unbranched alkanes of at least 4 members (excludes halogenated alkanes) is 14. The predicted molar refractivity (Wildman–Crippen MR) is 100 cm³/mol. The summed E-state index contributed by atoms with van der Waals surface area (Å²) in [6, 6.07) is 0. The molecule has 0 spiro atoms. The molecule has 0 heterocycles. The van der Waals surface area contributed by atoms with Crippen molar-refractivity contribution in [2.24, 2.45) is 11.8 Å². The molecule has 0 radical (unpaired) electrons. The SMILES string of the molecule is CCCCCCCCCCCCCCCCCC(C)C.NO. The van der Waals surface area contributed by atoms with Gasteiger partial charge in [-0.25, -0.2) is 5.90 Å². The first kappa shape index (κ1) is 24.2. The van der Waals surface area contributed by atoms with E-state index in [4.69, 9.17) is 5.21 Å². The van der Waals surface area contributed by atoms with Gasteiger partial charge in [0.1, 0.15) is 0 Å². The third kappa shape index (κ3) is 24.9. The van der Waals surface area contributed by atoms with Crippen molar-refractivity contribution in [1.29, 1.82) is 0 Å². The van der Waals surface area contributed by atoms with Crippen LogP contribution in [0.25, 0.3) is 0 Å². The van der Waals surface area contributed by atoms with Gasteiger partial charge >= 0.3 is 0 Å². The summed E-state index contributed by atoms with van der Waals surface area (Å²) in [4.78, 5) is 0. The molecule has 0 saturated carbocycles. The van der Waals surface area contributed by atoms with Crippen LogP contribution in [0.5, 0.6) is 0 Å². The largest absolute Gasteiger partial charge is 0.320 e. The first-order valence-electron chi connectivity index (χ1n) is 10.0. The van der Waals surface area contributed by atoms with E-state index < -0.39 is 0 Å². The molecule has 0 atom stereocenters. The van der Waals surface area contributed by atoms with Crippen LogP contribution in [0.15, 0.2) is 0 Å². The maximum atomic E-state index is 6.50. The third-order valence-electron chi connectivity index (χ3n) is 4.39. The van der Waals surface area contributed by atoms with E-state index in [9.17, 15) is 0 Å². The fourth-order valence-corrected chi connectivity index (χ4v) is 2.92. The zero-order chi connectivity index (χ0) is 16.9. The number of rotatable bonds is 16. The molecule has 0 amide bonds. The third-order valence-corrected chi connectivity index (χ3v) is 4.39. The summed E-state index contributed by atoms with van der Waals surface area (Å²) in [6.07, 6.45) is 23.5. The lowest BCUT2D eigenvalue weighted by molar-refractivity contribution is 0.311. The van der Waals surface area contributed by atoms with Crippen LogP contribution in [0.1, 0.15) is 124 Å². The second kappa shape index (κ2) is 23.2. The smallest absolute Gasteiger partial charge is 0.0471 e. The van der Waals surface area contributed by atoms with Crippen LogP contribution in [0.3, 0.4) is 0 Å². The van der Waals surface area contributed by atoms with E-state index in [0.29, 0.717) is 0 Å². The molecule has 0 saturated heterocycles. The van der Waals surface area contributed by atoms with Gasteiger partial charge < -0.3 is 5.21 Å². The van der Waals surface area contributed by atoms with E-state index in [0.717, 1.165) is 5.92 Å². The van der Waals surface area contributed by atoms with Gasteiger partial charge in [0, 0.05) is 0 Å². The Balaban J connectivity index is 0. The molecule has 0 bridgehead atoms. The lowest BCUT2D eigenvalue weighted by atomic mass is 10.0. The molecule has 0 aromatic heterocycles. The lowest BCUT2D eigenvalue weighted by Gasteiger charge is -2.05. The van der Waals surface area contributed by atoms with E-state index in [1.807, 2.05) is 0 Å². The summed E-state index contributed by atoms with van der Waals surface area (Å²) >= 11 is 0. The summed E-state index contributed by atoms with van der Waals surface area (Å²) in [6.45, 7) is 6.97. The van der Waals surface area contributed by atoms with Crippen LogP contribution in [-0.2, 0) is 0 Å². The van der Waals surface area contributed by atoms with Crippen LogP contribution in [-0.4, -0.2) is 5.21 Å². The van der Waals surface area contributed by atoms with E-state index in [-0.39, 0.29) is 0 Å². The molecular formula is C20H45NO. The van der Waals surface area contributed by atoms with Crippen molar-refractivity contribution < 1.29 is 5.21 Å². The maximum absolute atomic E-state index is 6.50. The first-order chi connectivity index (χ1) is 10.8. The molecule has 0 aliphatic carbocycles. The lowest BCUT2D eigenvalue weighted by Crippen LogP contribution is -1.87. The van der Waals surface area contributed by atoms with Crippen LogP contribution < -0.4 is 5.90 Å². The average Bonchev–Trinajstić information content (AvgIpc) is 2.53. The monoisotopic (exact) mass is 315 g/mol. The Bertz CT molecular complexity index is 171. The topological polar surface area (TPSA) is 46.2 Å². The van der Waals surface area contributed by atoms with Crippen LogP contribution >= 0.6 is 0 Å². The zero-order valence-corrected chi connectivity index (χ0v) is 15.9. The Morgan fingerprint density at radius 3 is 1.09 bits per heavy atom. The summed E-state index contributed by atoms with van der Waals surface area (Å²) in [7, 11) is 0. The molecule has 0 unspecified atom stereocenters. The van der Waals surface area contributed by atoms with Gasteiger partial charge in [0.25, 0.3) is 0 Å². The van der Waals surface area contributed by atoms with Crippen molar-refractivity contribution in [2.45, 2.75) is 124 Å². The summed E-state index contributed by atoms with van der Waals surface area (Å²) in [5.74, 6) is 4.40. The predicted octanol–water partition coefficient (Wildman–Crippen LogP) is 7.24. The maximum Gasteiger partial charge on any atom is -0.0471 e. The number of nitrogens with two attached hydrogens (primary N) is 1. The molecule has 2 heteroatoms. The Morgan fingerprint density at radius 2 is 0.818 bits per heavy atom. The van der Waals surface area contributed by atoms with E-state index in [1.54, 1.807) is 0 Å². The molecule has 22 heavy (non-hydrogen) atoms. The minimum atomic E-state index is 0.900. The van der Waals surface area contributed by atoms with Crippen LogP contribution in [0.2, 0.25) is 0 Å². The van der Waals surface area contributed by atoms with E-state index >= 15 is 0 Å². The summed E-state index contributed by atoms with van der Waals surface area (Å²) < 4.78 is 0. The molecule has 2 nitrogen and oxygen atoms in total. The van der Waals surface area contributed by atoms with Crippen molar-refractivity contribution >= 4 is 0 Å². The minimum Gasteiger partial charge on any atom is -0.320 e. The molecule has 136 valence electrons. The molecule has 0 fully saturated rings. The fourth-order valence-electron chi connectivity index (χ4n) is 2.92. The van der Waals surface area contributed by atoms with Crippen molar-refractivity contribution in [3.05, 3.63) is 0 Å². The normalized spacial score (nSPS) is 10.6. The Labute approximate surface area is 141 Å². The van der Waals surface area contributed by atoms with Gasteiger partial charge in [-0.15, -0.1) is 0 Å². The Morgan fingerprint density at radius 1 is 0.545 bits per heavy atom. The van der Waals surface area contributed by atoms with Crippen molar-refractivity contribution in [3.63, 3.8) is 0 Å². The van der Waals surface area contributed by atoms with Gasteiger partial charge in [-0.1, -0.05) is 124 Å². The van der Waals surface area contributed by atoms with Gasteiger partial charge in [0.15, 0.2) is 0 Å². The first-order valence-corrected chi connectivity index (χ1v) is 10.0. The number of hydrogen-bond acceptors (Lipinski definition) is 2. The highest BCUT2D eigenvalue weighted by Crippen LogP contribution is 2.14. The fraction of sp³-hybridized carbons (Fsp3) is 1.00. The van der Waals surface area contributed by atoms with Gasteiger partial charge in [-0.3, -0.25) is 0 Å². The van der Waals surface area contributed by atoms with Crippen LogP contribution in [0.4, 0.5) is 0 Å². The zero-order valence-electron chi connectivity index (χ0n) is 15.9. The van der Waals surface area contributed by atoms with Gasteiger partial charge in [-0.2, -0.15) is 0 Å². The molecule has 3 N–H and O–H groups in total. The van der Waals surface area contributed by atoms with E-state index in [1.165, 1.54) is 103 Å². The highest BCUT2D eigenvalue weighted by atomic mass is 16.4. The Kier molecular flexibility index (Phi) is 25.5. The highest BCUT2D eigenvalue weighted by molar-refractivity contribution is 4.50. The second-order valence-electron chi connectivity index (χ2n) is 7.13. The van der Waals surface area contributed by atoms with Gasteiger partial charge in [-0.05, 0) is 5.92 Å². The number of hydrogen-bond donors (Lipinski definition) is 2. The summed E-state index contributed by atoms with van der Waals surface area (Å²) in [5, 5.41) is 6.50. The molecule has 0 aliphatic heterocycles.